The SMILES string of the molecule is Cc1cccc(Cl)c1N[C@@H](C)C(=O)OCCC#N. The number of hydrogen-bond acceptors (Lipinski definition) is 4. The quantitative estimate of drug-likeness (QED) is 0.657. The van der Waals surface area contributed by atoms with Crippen molar-refractivity contribution in [1.29, 1.82) is 5.26 Å². The largest absolute Gasteiger partial charge is 0.463 e. The molecule has 0 aliphatic carbocycles. The Morgan fingerprint density at radius 1 is 1.61 bits per heavy atom. The van der Waals surface area contributed by atoms with Crippen LogP contribution in [0.2, 0.25) is 5.02 Å². The molecule has 5 heteroatoms. The molecule has 1 aromatic rings. The van der Waals surface area contributed by atoms with Gasteiger partial charge >= 0.3 is 5.97 Å². The van der Waals surface area contributed by atoms with Crippen molar-refractivity contribution in [2.45, 2.75) is 26.3 Å². The second kappa shape index (κ2) is 6.87. The predicted octanol–water partition coefficient (Wildman–Crippen LogP) is 2.91. The number of hydrogen-bond donors (Lipinski definition) is 1. The third-order valence-corrected chi connectivity index (χ3v) is 2.71. The first kappa shape index (κ1) is 14.3. The molecule has 0 amide bonds. The summed E-state index contributed by atoms with van der Waals surface area (Å²) in [5, 5.41) is 11.9. The first-order valence-corrected chi connectivity index (χ1v) is 5.99. The van der Waals surface area contributed by atoms with Crippen molar-refractivity contribution < 1.29 is 9.53 Å². The summed E-state index contributed by atoms with van der Waals surface area (Å²) in [7, 11) is 0. The topological polar surface area (TPSA) is 62.1 Å². The highest BCUT2D eigenvalue weighted by atomic mass is 35.5. The molecule has 0 unspecified atom stereocenters. The van der Waals surface area contributed by atoms with Crippen LogP contribution >= 0.6 is 11.6 Å². The molecule has 0 radical (unpaired) electrons. The van der Waals surface area contributed by atoms with Crippen molar-refractivity contribution in [1.82, 2.24) is 0 Å². The van der Waals surface area contributed by atoms with Crippen molar-refractivity contribution >= 4 is 23.3 Å². The highest BCUT2D eigenvalue weighted by molar-refractivity contribution is 6.33. The minimum absolute atomic E-state index is 0.114. The Hall–Kier alpha value is -1.73. The van der Waals surface area contributed by atoms with Gasteiger partial charge < -0.3 is 10.1 Å². The molecule has 0 aliphatic rings. The fraction of sp³-hybridized carbons (Fsp3) is 0.385. The lowest BCUT2D eigenvalue weighted by Crippen LogP contribution is -2.28. The van der Waals surface area contributed by atoms with E-state index < -0.39 is 12.0 Å². The molecule has 0 spiro atoms. The third kappa shape index (κ3) is 3.94. The summed E-state index contributed by atoms with van der Waals surface area (Å²) >= 11 is 6.05. The summed E-state index contributed by atoms with van der Waals surface area (Å²) in [6.07, 6.45) is 0.198. The standard InChI is InChI=1S/C13H15ClN2O2/c1-9-5-3-6-11(14)12(9)16-10(2)13(17)18-8-4-7-15/h3,5-6,10,16H,4,8H2,1-2H3/t10-/m0/s1. The average molecular weight is 267 g/mol. The van der Waals surface area contributed by atoms with Gasteiger partial charge in [0.15, 0.2) is 0 Å². The molecule has 0 aromatic heterocycles. The average Bonchev–Trinajstić information content (AvgIpc) is 2.34. The maximum absolute atomic E-state index is 11.6. The number of esters is 1. The molecular formula is C13H15ClN2O2. The zero-order valence-electron chi connectivity index (χ0n) is 10.4. The second-order valence-corrected chi connectivity index (χ2v) is 4.28. The van der Waals surface area contributed by atoms with Crippen molar-refractivity contribution in [3.05, 3.63) is 28.8 Å². The van der Waals surface area contributed by atoms with E-state index in [1.165, 1.54) is 0 Å². The highest BCUT2D eigenvalue weighted by Gasteiger charge is 2.16. The Balaban J connectivity index is 2.62. The van der Waals surface area contributed by atoms with Crippen LogP contribution < -0.4 is 5.32 Å². The van der Waals surface area contributed by atoms with Gasteiger partial charge in [0.2, 0.25) is 0 Å². The van der Waals surface area contributed by atoms with Crippen LogP contribution in [0.3, 0.4) is 0 Å². The van der Waals surface area contributed by atoms with E-state index in [4.69, 9.17) is 21.6 Å². The normalized spacial score (nSPS) is 11.4. The molecule has 0 heterocycles. The van der Waals surface area contributed by atoms with E-state index in [0.29, 0.717) is 5.02 Å². The Labute approximate surface area is 112 Å². The lowest BCUT2D eigenvalue weighted by atomic mass is 10.2. The number of benzene rings is 1. The van der Waals surface area contributed by atoms with Crippen LogP contribution in [0.5, 0.6) is 0 Å². The van der Waals surface area contributed by atoms with E-state index >= 15 is 0 Å². The Bertz CT molecular complexity index is 448. The third-order valence-electron chi connectivity index (χ3n) is 2.39. The molecule has 18 heavy (non-hydrogen) atoms. The maximum atomic E-state index is 11.6. The van der Waals surface area contributed by atoms with Crippen LogP contribution in [0.15, 0.2) is 18.2 Å². The van der Waals surface area contributed by atoms with Crippen LogP contribution in [0.1, 0.15) is 18.9 Å². The minimum Gasteiger partial charge on any atom is -0.463 e. The Kier molecular flexibility index (Phi) is 5.47. The number of carbonyl (C=O) groups is 1. The lowest BCUT2D eigenvalue weighted by Gasteiger charge is -2.16. The number of anilines is 1. The number of ether oxygens (including phenoxy) is 1. The molecular weight excluding hydrogens is 252 g/mol. The van der Waals surface area contributed by atoms with Crippen LogP contribution in [-0.4, -0.2) is 18.6 Å². The lowest BCUT2D eigenvalue weighted by molar-refractivity contribution is -0.143. The number of nitriles is 1. The van der Waals surface area contributed by atoms with E-state index in [0.717, 1.165) is 11.3 Å². The summed E-state index contributed by atoms with van der Waals surface area (Å²) in [5.74, 6) is -0.399. The smallest absolute Gasteiger partial charge is 0.328 e. The summed E-state index contributed by atoms with van der Waals surface area (Å²) in [6, 6.07) is 6.90. The molecule has 1 N–H and O–H groups in total. The number of rotatable bonds is 5. The van der Waals surface area contributed by atoms with Crippen molar-refractivity contribution in [2.24, 2.45) is 0 Å². The van der Waals surface area contributed by atoms with Gasteiger partial charge in [-0.15, -0.1) is 0 Å². The summed E-state index contributed by atoms with van der Waals surface area (Å²) in [6.45, 7) is 3.71. The molecule has 1 aromatic carbocycles. The van der Waals surface area contributed by atoms with Crippen molar-refractivity contribution in [3.8, 4) is 6.07 Å². The van der Waals surface area contributed by atoms with Gasteiger partial charge in [-0.1, -0.05) is 23.7 Å². The molecule has 0 saturated heterocycles. The number of nitrogens with zero attached hydrogens (tertiary/aromatic N) is 1. The predicted molar refractivity (Wildman–Crippen MR) is 70.5 cm³/mol. The summed E-state index contributed by atoms with van der Waals surface area (Å²) in [5.41, 5.74) is 1.68. The monoisotopic (exact) mass is 266 g/mol. The number of carbonyl (C=O) groups excluding carboxylic acids is 1. The van der Waals surface area contributed by atoms with Crippen LogP contribution in [0.25, 0.3) is 0 Å². The molecule has 0 saturated carbocycles. The van der Waals surface area contributed by atoms with E-state index in [-0.39, 0.29) is 13.0 Å². The molecule has 1 rings (SSSR count). The van der Waals surface area contributed by atoms with Gasteiger partial charge in [-0.05, 0) is 25.5 Å². The molecule has 0 aliphatic heterocycles. The number of nitrogens with one attached hydrogen (secondary N) is 1. The first-order valence-electron chi connectivity index (χ1n) is 5.61. The van der Waals surface area contributed by atoms with Gasteiger partial charge in [0, 0.05) is 0 Å². The van der Waals surface area contributed by atoms with Gasteiger partial charge in [-0.3, -0.25) is 0 Å². The molecule has 1 atom stereocenters. The van der Waals surface area contributed by atoms with Crippen LogP contribution in [-0.2, 0) is 9.53 Å². The molecule has 0 bridgehead atoms. The Morgan fingerprint density at radius 3 is 2.94 bits per heavy atom. The maximum Gasteiger partial charge on any atom is 0.328 e. The fourth-order valence-electron chi connectivity index (χ4n) is 1.41. The fourth-order valence-corrected chi connectivity index (χ4v) is 1.69. The van der Waals surface area contributed by atoms with Gasteiger partial charge in [-0.2, -0.15) is 5.26 Å². The minimum atomic E-state index is -0.512. The molecule has 0 fully saturated rings. The van der Waals surface area contributed by atoms with Gasteiger partial charge in [0.25, 0.3) is 0 Å². The zero-order valence-corrected chi connectivity index (χ0v) is 11.1. The number of halogens is 1. The zero-order chi connectivity index (χ0) is 13.5. The molecule has 96 valence electrons. The van der Waals surface area contributed by atoms with Crippen molar-refractivity contribution in [2.75, 3.05) is 11.9 Å². The molecule has 4 nitrogen and oxygen atoms in total. The van der Waals surface area contributed by atoms with E-state index in [1.54, 1.807) is 13.0 Å². The summed E-state index contributed by atoms with van der Waals surface area (Å²) in [4.78, 5) is 11.6. The number of para-hydroxylation sites is 1. The van der Waals surface area contributed by atoms with Crippen LogP contribution in [0.4, 0.5) is 5.69 Å². The van der Waals surface area contributed by atoms with E-state index in [9.17, 15) is 4.79 Å². The highest BCUT2D eigenvalue weighted by Crippen LogP contribution is 2.25. The van der Waals surface area contributed by atoms with Gasteiger partial charge in [-0.25, -0.2) is 4.79 Å². The first-order chi connectivity index (χ1) is 8.56. The van der Waals surface area contributed by atoms with Crippen LogP contribution in [0, 0.1) is 18.3 Å². The summed E-state index contributed by atoms with van der Waals surface area (Å²) < 4.78 is 4.93. The Morgan fingerprint density at radius 2 is 2.33 bits per heavy atom. The van der Waals surface area contributed by atoms with Crippen molar-refractivity contribution in [3.63, 3.8) is 0 Å². The second-order valence-electron chi connectivity index (χ2n) is 3.87. The van der Waals surface area contributed by atoms with E-state index in [1.807, 2.05) is 25.1 Å². The van der Waals surface area contributed by atoms with Gasteiger partial charge in [0.1, 0.15) is 12.6 Å². The van der Waals surface area contributed by atoms with E-state index in [2.05, 4.69) is 5.32 Å². The van der Waals surface area contributed by atoms with Gasteiger partial charge in [0.05, 0.1) is 23.2 Å². The number of aryl methyl sites for hydroxylation is 1.